The topological polar surface area (TPSA) is 90.6 Å². The van der Waals surface area contributed by atoms with Crippen LogP contribution in [0.1, 0.15) is 18.7 Å². The molecule has 0 saturated heterocycles. The molecule has 176 valence electrons. The van der Waals surface area contributed by atoms with Crippen molar-refractivity contribution in [2.75, 3.05) is 13.7 Å². The van der Waals surface area contributed by atoms with E-state index in [1.807, 2.05) is 48.5 Å². The van der Waals surface area contributed by atoms with Gasteiger partial charge in [-0.15, -0.1) is 5.10 Å². The van der Waals surface area contributed by atoms with Crippen LogP contribution in [0.4, 0.5) is 0 Å². The minimum Gasteiger partial charge on any atom is -0.497 e. The van der Waals surface area contributed by atoms with Gasteiger partial charge in [0.2, 0.25) is 18.0 Å². The van der Waals surface area contributed by atoms with Gasteiger partial charge in [-0.1, -0.05) is 30.3 Å². The molecular formula is C27H22N2O6. The summed E-state index contributed by atoms with van der Waals surface area (Å²) in [4.78, 5) is 24.3. The van der Waals surface area contributed by atoms with Crippen LogP contribution in [0.5, 0.6) is 11.5 Å². The number of hydrogen-bond donors (Lipinski definition) is 0. The van der Waals surface area contributed by atoms with Crippen LogP contribution in [0.25, 0.3) is 22.1 Å². The van der Waals surface area contributed by atoms with E-state index in [9.17, 15) is 9.59 Å². The van der Waals surface area contributed by atoms with Gasteiger partial charge in [0.05, 0.1) is 7.11 Å². The Kier molecular flexibility index (Phi) is 5.93. The lowest BCUT2D eigenvalue weighted by molar-refractivity contribution is -0.135. The van der Waals surface area contributed by atoms with Crippen molar-refractivity contribution in [1.29, 1.82) is 0 Å². The van der Waals surface area contributed by atoms with E-state index < -0.39 is 11.9 Å². The molecule has 0 radical (unpaired) electrons. The maximum atomic E-state index is 12.2. The number of hydrogen-bond acceptors (Lipinski definition) is 7. The Morgan fingerprint density at radius 1 is 1.00 bits per heavy atom. The molecule has 0 bridgehead atoms. The maximum Gasteiger partial charge on any atom is 0.336 e. The maximum absolute atomic E-state index is 12.2. The summed E-state index contributed by atoms with van der Waals surface area (Å²) in [5.41, 5.74) is 2.41. The smallest absolute Gasteiger partial charge is 0.336 e. The van der Waals surface area contributed by atoms with Crippen molar-refractivity contribution in [3.8, 4) is 22.6 Å². The summed E-state index contributed by atoms with van der Waals surface area (Å²) in [6, 6.07) is 23.6. The number of carbonyl (C=O) groups excluding carboxylic acids is 1. The van der Waals surface area contributed by atoms with E-state index in [4.69, 9.17) is 18.6 Å². The standard InChI is InChI=1S/C27H22N2O6/c1-17(30)29-27(19-8-10-20(32-2)11-9-19)35-25(28-29)16-33-21-12-13-22-23(18-6-4-3-5-7-18)15-26(31)34-24(22)14-21/h3-15,27H,16H2,1-2H3. The van der Waals surface area contributed by atoms with E-state index in [1.54, 1.807) is 31.4 Å². The molecule has 0 saturated carbocycles. The first kappa shape index (κ1) is 22.2. The quantitative estimate of drug-likeness (QED) is 0.378. The summed E-state index contributed by atoms with van der Waals surface area (Å²) in [5, 5.41) is 6.34. The SMILES string of the molecule is COc1ccc(C2OC(COc3ccc4c(-c5ccccc5)cc(=O)oc4c3)=NN2C(C)=O)cc1. The predicted octanol–water partition coefficient (Wildman–Crippen LogP) is 4.74. The highest BCUT2D eigenvalue weighted by Crippen LogP contribution is 2.31. The predicted molar refractivity (Wildman–Crippen MR) is 130 cm³/mol. The molecule has 2 heterocycles. The highest BCUT2D eigenvalue weighted by atomic mass is 16.6. The van der Waals surface area contributed by atoms with Gasteiger partial charge in [0.15, 0.2) is 6.61 Å². The third-order valence-electron chi connectivity index (χ3n) is 5.58. The molecule has 0 spiro atoms. The van der Waals surface area contributed by atoms with E-state index >= 15 is 0 Å². The van der Waals surface area contributed by atoms with E-state index in [0.29, 0.717) is 17.1 Å². The fourth-order valence-electron chi connectivity index (χ4n) is 3.89. The van der Waals surface area contributed by atoms with Crippen molar-refractivity contribution in [2.45, 2.75) is 13.2 Å². The zero-order valence-corrected chi connectivity index (χ0v) is 19.1. The number of amides is 1. The van der Waals surface area contributed by atoms with E-state index in [-0.39, 0.29) is 18.4 Å². The number of hydrazone groups is 1. The lowest BCUT2D eigenvalue weighted by atomic mass is 10.0. The molecule has 1 amide bonds. The molecule has 1 aliphatic rings. The third kappa shape index (κ3) is 4.59. The minimum absolute atomic E-state index is 0.00938. The van der Waals surface area contributed by atoms with Gasteiger partial charge in [-0.25, -0.2) is 4.79 Å². The van der Waals surface area contributed by atoms with Crippen LogP contribution < -0.4 is 15.1 Å². The number of fused-ring (bicyclic) bond motifs is 1. The van der Waals surface area contributed by atoms with Crippen molar-refractivity contribution in [3.63, 3.8) is 0 Å². The largest absolute Gasteiger partial charge is 0.497 e. The van der Waals surface area contributed by atoms with Crippen LogP contribution in [-0.4, -0.2) is 30.5 Å². The van der Waals surface area contributed by atoms with Crippen LogP contribution in [-0.2, 0) is 9.53 Å². The summed E-state index contributed by atoms with van der Waals surface area (Å²) in [5.74, 6) is 1.16. The number of ether oxygens (including phenoxy) is 3. The van der Waals surface area contributed by atoms with Gasteiger partial charge in [0.25, 0.3) is 0 Å². The fraction of sp³-hybridized carbons (Fsp3) is 0.148. The van der Waals surface area contributed by atoms with Crippen LogP contribution in [0, 0.1) is 0 Å². The molecule has 8 nitrogen and oxygen atoms in total. The molecule has 1 atom stereocenters. The highest BCUT2D eigenvalue weighted by Gasteiger charge is 2.32. The van der Waals surface area contributed by atoms with E-state index in [1.165, 1.54) is 18.0 Å². The van der Waals surface area contributed by atoms with Crippen molar-refractivity contribution in [3.05, 3.63) is 94.8 Å². The Labute approximate surface area is 201 Å². The summed E-state index contributed by atoms with van der Waals surface area (Å²) in [6.07, 6.45) is -0.694. The number of benzene rings is 3. The lowest BCUT2D eigenvalue weighted by Gasteiger charge is -2.19. The van der Waals surface area contributed by atoms with Crippen molar-refractivity contribution in [2.24, 2.45) is 5.10 Å². The Morgan fingerprint density at radius 2 is 1.74 bits per heavy atom. The number of methoxy groups -OCH3 is 1. The summed E-state index contributed by atoms with van der Waals surface area (Å²) >= 11 is 0. The molecule has 0 aliphatic carbocycles. The minimum atomic E-state index is -0.694. The Balaban J connectivity index is 1.35. The zero-order chi connectivity index (χ0) is 24.4. The molecule has 1 aliphatic heterocycles. The highest BCUT2D eigenvalue weighted by molar-refractivity contribution is 5.93. The molecule has 0 fully saturated rings. The van der Waals surface area contributed by atoms with Crippen LogP contribution in [0.15, 0.2) is 93.2 Å². The molecular weight excluding hydrogens is 448 g/mol. The summed E-state index contributed by atoms with van der Waals surface area (Å²) < 4.78 is 22.4. The van der Waals surface area contributed by atoms with Gasteiger partial charge >= 0.3 is 5.63 Å². The Bertz CT molecular complexity index is 1460. The first-order chi connectivity index (χ1) is 17.0. The monoisotopic (exact) mass is 470 g/mol. The van der Waals surface area contributed by atoms with Gasteiger partial charge in [0, 0.05) is 30.0 Å². The first-order valence-electron chi connectivity index (χ1n) is 11.0. The molecule has 3 aromatic carbocycles. The fourth-order valence-corrected chi connectivity index (χ4v) is 3.89. The summed E-state index contributed by atoms with van der Waals surface area (Å²) in [6.45, 7) is 1.41. The summed E-state index contributed by atoms with van der Waals surface area (Å²) in [7, 11) is 1.59. The van der Waals surface area contributed by atoms with E-state index in [2.05, 4.69) is 5.10 Å². The molecule has 8 heteroatoms. The van der Waals surface area contributed by atoms with Crippen LogP contribution >= 0.6 is 0 Å². The third-order valence-corrected chi connectivity index (χ3v) is 5.58. The van der Waals surface area contributed by atoms with Gasteiger partial charge in [-0.3, -0.25) is 4.79 Å². The van der Waals surface area contributed by atoms with Crippen LogP contribution in [0.2, 0.25) is 0 Å². The Morgan fingerprint density at radius 3 is 2.46 bits per heavy atom. The molecule has 1 aromatic heterocycles. The lowest BCUT2D eigenvalue weighted by Crippen LogP contribution is -2.25. The number of rotatable bonds is 6. The number of carbonyl (C=O) groups is 1. The van der Waals surface area contributed by atoms with Crippen molar-refractivity contribution in [1.82, 2.24) is 5.01 Å². The molecule has 5 rings (SSSR count). The van der Waals surface area contributed by atoms with Crippen molar-refractivity contribution < 1.29 is 23.4 Å². The molecule has 35 heavy (non-hydrogen) atoms. The zero-order valence-electron chi connectivity index (χ0n) is 19.1. The molecule has 4 aromatic rings. The average molecular weight is 470 g/mol. The van der Waals surface area contributed by atoms with E-state index in [0.717, 1.165) is 22.1 Å². The Hall–Kier alpha value is -4.59. The van der Waals surface area contributed by atoms with Crippen molar-refractivity contribution >= 4 is 22.8 Å². The molecule has 0 N–H and O–H groups in total. The van der Waals surface area contributed by atoms with Gasteiger partial charge in [0.1, 0.15) is 17.1 Å². The average Bonchev–Trinajstić information content (AvgIpc) is 3.32. The normalized spacial score (nSPS) is 15.0. The second-order valence-electron chi connectivity index (χ2n) is 7.89. The van der Waals surface area contributed by atoms with Gasteiger partial charge in [-0.05, 0) is 47.5 Å². The van der Waals surface area contributed by atoms with Gasteiger partial charge in [-0.2, -0.15) is 5.01 Å². The first-order valence-corrected chi connectivity index (χ1v) is 11.0. The van der Waals surface area contributed by atoms with Gasteiger partial charge < -0.3 is 18.6 Å². The van der Waals surface area contributed by atoms with Crippen LogP contribution in [0.3, 0.4) is 0 Å². The second kappa shape index (κ2) is 9.34. The second-order valence-corrected chi connectivity index (χ2v) is 7.89. The number of nitrogens with zero attached hydrogens (tertiary/aromatic N) is 2. The molecule has 1 unspecified atom stereocenters.